The van der Waals surface area contributed by atoms with Crippen molar-refractivity contribution in [3.05, 3.63) is 264 Å². The van der Waals surface area contributed by atoms with E-state index in [1.807, 2.05) is 11.3 Å². The lowest BCUT2D eigenvalue weighted by molar-refractivity contribution is 0.810. The summed E-state index contributed by atoms with van der Waals surface area (Å²) in [5, 5.41) is 3.82. The summed E-state index contributed by atoms with van der Waals surface area (Å²) >= 11 is 1.95. The van der Waals surface area contributed by atoms with E-state index in [9.17, 15) is 0 Å². The molecule has 2 aliphatic rings. The molecule has 1 heterocycles. The Bertz CT molecular complexity index is 3510. The lowest BCUT2D eigenvalue weighted by Gasteiger charge is -2.36. The van der Waals surface area contributed by atoms with Crippen molar-refractivity contribution in [1.29, 1.82) is 0 Å². The minimum Gasteiger partial charge on any atom is -0.310 e. The van der Waals surface area contributed by atoms with Crippen molar-refractivity contribution < 1.29 is 0 Å². The molecule has 0 fully saturated rings. The molecule has 2 aliphatic carbocycles. The maximum atomic E-state index is 2.51. The normalized spacial score (nSPS) is 14.3. The van der Waals surface area contributed by atoms with E-state index in [1.54, 1.807) is 0 Å². The lowest BCUT2D eigenvalue weighted by Crippen LogP contribution is -2.28. The maximum absolute atomic E-state index is 2.51. The Morgan fingerprint density at radius 2 is 0.875 bits per heavy atom. The summed E-state index contributed by atoms with van der Waals surface area (Å²) in [6, 6.07) is 89.3. The highest BCUT2D eigenvalue weighted by atomic mass is 32.1. The summed E-state index contributed by atoms with van der Waals surface area (Å²) in [5.74, 6) is 0. The number of para-hydroxylation sites is 3. The van der Waals surface area contributed by atoms with Crippen molar-refractivity contribution in [2.75, 3.05) is 9.80 Å². The monoisotopic (exact) mass is 832 g/mol. The summed E-state index contributed by atoms with van der Waals surface area (Å²) in [5.41, 5.74) is 17.7. The molecule has 1 spiro atoms. The van der Waals surface area contributed by atoms with E-state index >= 15 is 0 Å². The highest BCUT2D eigenvalue weighted by Gasteiger charge is 2.55. The Labute approximate surface area is 377 Å². The zero-order chi connectivity index (χ0) is 42.2. The molecule has 0 amide bonds. The third-order valence-corrected chi connectivity index (χ3v) is 14.7. The van der Waals surface area contributed by atoms with E-state index in [0.29, 0.717) is 0 Å². The molecule has 2 nitrogen and oxygen atoms in total. The smallest absolute Gasteiger partial charge is 0.0840 e. The van der Waals surface area contributed by atoms with Gasteiger partial charge in [-0.3, -0.25) is 0 Å². The highest BCUT2D eigenvalue weighted by Crippen LogP contribution is 2.68. The molecule has 0 aliphatic heterocycles. The fourth-order valence-electron chi connectivity index (χ4n) is 10.8. The Kier molecular flexibility index (Phi) is 8.34. The molecular weight excluding hydrogens is 793 g/mol. The SMILES string of the molecule is c1ccc(N(c2ccc(-c3cccc4ccccc34)cc2)c2ccc3c(c2)C2(c4ccccc4-3)c3sc4ccccc4c3-c3cccc(N(c4ccccc4)c4ccccc4)c32)cc1. The van der Waals surface area contributed by atoms with E-state index in [2.05, 4.69) is 252 Å². The van der Waals surface area contributed by atoms with Gasteiger partial charge in [0.05, 0.1) is 11.1 Å². The number of rotatable bonds is 7. The number of anilines is 6. The summed E-state index contributed by atoms with van der Waals surface area (Å²) in [6.07, 6.45) is 0. The Morgan fingerprint density at radius 1 is 0.344 bits per heavy atom. The summed E-state index contributed by atoms with van der Waals surface area (Å²) < 4.78 is 1.31. The standard InChI is InChI=1S/C61H40N2S/c1-4-20-43(21-5-1)62(46-36-34-42(35-37-46)49-29-16-19-41-18-10-11-26-48(41)49)47-38-39-51-50-27-12-14-31-54(50)61(55(51)40-47)59-53(58-52-28-13-15-33-57(52)64-60(58)61)30-17-32-56(59)63(44-22-6-2-7-23-44)45-24-8-3-9-25-45/h1-40H. The Balaban J connectivity index is 1.08. The van der Waals surface area contributed by atoms with Gasteiger partial charge in [-0.05, 0) is 123 Å². The molecular formula is C61H40N2S. The third kappa shape index (κ3) is 5.38. The first-order chi connectivity index (χ1) is 31.8. The molecule has 0 saturated heterocycles. The van der Waals surface area contributed by atoms with E-state index in [1.165, 1.54) is 81.5 Å². The zero-order valence-electron chi connectivity index (χ0n) is 34.9. The molecule has 13 rings (SSSR count). The van der Waals surface area contributed by atoms with Crippen LogP contribution in [0.5, 0.6) is 0 Å². The predicted octanol–water partition coefficient (Wildman–Crippen LogP) is 17.0. The van der Waals surface area contributed by atoms with Crippen LogP contribution in [-0.2, 0) is 5.41 Å². The molecule has 0 radical (unpaired) electrons. The van der Waals surface area contributed by atoms with Gasteiger partial charge in [-0.25, -0.2) is 0 Å². The van der Waals surface area contributed by atoms with Gasteiger partial charge in [0.25, 0.3) is 0 Å². The molecule has 300 valence electrons. The van der Waals surface area contributed by atoms with Crippen molar-refractivity contribution >= 4 is 66.3 Å². The van der Waals surface area contributed by atoms with Crippen LogP contribution in [0.4, 0.5) is 34.1 Å². The number of thiophene rings is 1. The second kappa shape index (κ2) is 14.6. The summed E-state index contributed by atoms with van der Waals surface area (Å²) in [6.45, 7) is 0. The van der Waals surface area contributed by atoms with Crippen LogP contribution in [-0.4, -0.2) is 0 Å². The summed E-state index contributed by atoms with van der Waals surface area (Å²) in [4.78, 5) is 6.28. The first-order valence-corrected chi connectivity index (χ1v) is 22.8. The average molecular weight is 833 g/mol. The maximum Gasteiger partial charge on any atom is 0.0840 e. The first-order valence-electron chi connectivity index (χ1n) is 22.0. The van der Waals surface area contributed by atoms with Crippen LogP contribution in [0.25, 0.3) is 54.2 Å². The van der Waals surface area contributed by atoms with Gasteiger partial charge in [0, 0.05) is 54.5 Å². The molecule has 3 heteroatoms. The van der Waals surface area contributed by atoms with E-state index in [4.69, 9.17) is 0 Å². The Hall–Kier alpha value is -7.98. The van der Waals surface area contributed by atoms with Crippen LogP contribution in [0, 0.1) is 0 Å². The number of nitrogens with zero attached hydrogens (tertiary/aromatic N) is 2. The molecule has 1 aromatic heterocycles. The molecule has 64 heavy (non-hydrogen) atoms. The van der Waals surface area contributed by atoms with Crippen LogP contribution >= 0.6 is 11.3 Å². The van der Waals surface area contributed by atoms with Gasteiger partial charge in [-0.1, -0.05) is 170 Å². The van der Waals surface area contributed by atoms with Gasteiger partial charge < -0.3 is 9.80 Å². The van der Waals surface area contributed by atoms with Gasteiger partial charge in [0.1, 0.15) is 0 Å². The van der Waals surface area contributed by atoms with Gasteiger partial charge in [0.15, 0.2) is 0 Å². The molecule has 0 bridgehead atoms. The van der Waals surface area contributed by atoms with Crippen molar-refractivity contribution in [2.45, 2.75) is 5.41 Å². The van der Waals surface area contributed by atoms with Crippen LogP contribution in [0.2, 0.25) is 0 Å². The second-order valence-corrected chi connectivity index (χ2v) is 17.8. The topological polar surface area (TPSA) is 6.48 Å². The van der Waals surface area contributed by atoms with E-state index < -0.39 is 5.41 Å². The molecule has 1 unspecified atom stereocenters. The molecule has 0 N–H and O–H groups in total. The van der Waals surface area contributed by atoms with Gasteiger partial charge in [0.2, 0.25) is 0 Å². The second-order valence-electron chi connectivity index (χ2n) is 16.8. The van der Waals surface area contributed by atoms with Crippen molar-refractivity contribution in [1.82, 2.24) is 0 Å². The highest BCUT2D eigenvalue weighted by molar-refractivity contribution is 7.20. The fourth-order valence-corrected chi connectivity index (χ4v) is 12.3. The van der Waals surface area contributed by atoms with Crippen LogP contribution in [0.3, 0.4) is 0 Å². The van der Waals surface area contributed by atoms with E-state index in [0.717, 1.165) is 28.4 Å². The first kappa shape index (κ1) is 36.7. The summed E-state index contributed by atoms with van der Waals surface area (Å²) in [7, 11) is 0. The minimum absolute atomic E-state index is 0.602. The number of hydrogen-bond donors (Lipinski definition) is 0. The van der Waals surface area contributed by atoms with Gasteiger partial charge >= 0.3 is 0 Å². The molecule has 11 aromatic rings. The number of hydrogen-bond acceptors (Lipinski definition) is 3. The van der Waals surface area contributed by atoms with Gasteiger partial charge in [-0.2, -0.15) is 0 Å². The molecule has 10 aromatic carbocycles. The molecule has 0 saturated carbocycles. The van der Waals surface area contributed by atoms with Crippen LogP contribution in [0.1, 0.15) is 21.6 Å². The fraction of sp³-hybridized carbons (Fsp3) is 0.0164. The molecule has 1 atom stereocenters. The largest absolute Gasteiger partial charge is 0.310 e. The van der Waals surface area contributed by atoms with Crippen LogP contribution < -0.4 is 9.80 Å². The average Bonchev–Trinajstić information content (AvgIpc) is 3.99. The van der Waals surface area contributed by atoms with Crippen molar-refractivity contribution in [3.63, 3.8) is 0 Å². The van der Waals surface area contributed by atoms with Crippen molar-refractivity contribution in [2.24, 2.45) is 0 Å². The zero-order valence-corrected chi connectivity index (χ0v) is 35.7. The lowest BCUT2D eigenvalue weighted by atomic mass is 9.72. The van der Waals surface area contributed by atoms with Crippen molar-refractivity contribution in [3.8, 4) is 33.4 Å². The number of fused-ring (bicyclic) bond motifs is 13. The Morgan fingerprint density at radius 3 is 1.62 bits per heavy atom. The van der Waals surface area contributed by atoms with Gasteiger partial charge in [-0.15, -0.1) is 11.3 Å². The predicted molar refractivity (Wildman–Crippen MR) is 270 cm³/mol. The van der Waals surface area contributed by atoms with Crippen LogP contribution in [0.15, 0.2) is 243 Å². The third-order valence-electron chi connectivity index (χ3n) is 13.4. The number of benzene rings is 10. The minimum atomic E-state index is -0.602. The van der Waals surface area contributed by atoms with E-state index in [-0.39, 0.29) is 0 Å². The quantitative estimate of drug-likeness (QED) is 0.158.